The summed E-state index contributed by atoms with van der Waals surface area (Å²) in [5.41, 5.74) is 0.613. The van der Waals surface area contributed by atoms with Crippen LogP contribution in [0.1, 0.15) is 40.0 Å². The van der Waals surface area contributed by atoms with E-state index >= 15 is 0 Å². The van der Waals surface area contributed by atoms with Crippen molar-refractivity contribution in [1.29, 1.82) is 0 Å². The molecule has 0 amide bonds. The molecule has 0 radical (unpaired) electrons. The molecule has 0 aromatic heterocycles. The molecule has 0 aliphatic rings. The Morgan fingerprint density at radius 1 is 1.41 bits per heavy atom. The topological polar surface area (TPSA) is 63.6 Å². The van der Waals surface area contributed by atoms with Crippen molar-refractivity contribution < 1.29 is 19.4 Å². The van der Waals surface area contributed by atoms with Gasteiger partial charge in [0.2, 0.25) is 0 Å². The largest absolute Gasteiger partial charge is 0.478 e. The van der Waals surface area contributed by atoms with Crippen molar-refractivity contribution in [3.8, 4) is 0 Å². The number of carboxylic acid groups (broad SMARTS) is 1. The molecule has 0 rings (SSSR count). The van der Waals surface area contributed by atoms with Crippen molar-refractivity contribution in [2.45, 2.75) is 46.1 Å². The summed E-state index contributed by atoms with van der Waals surface area (Å²) in [5.74, 6) is -1.38. The molecule has 96 valence electrons. The first-order valence-corrected chi connectivity index (χ1v) is 5.65. The van der Waals surface area contributed by atoms with Crippen molar-refractivity contribution in [1.82, 2.24) is 0 Å². The van der Waals surface area contributed by atoms with Crippen LogP contribution in [-0.4, -0.2) is 23.1 Å². The molecule has 0 spiro atoms. The molecule has 0 saturated heterocycles. The summed E-state index contributed by atoms with van der Waals surface area (Å²) in [6.45, 7) is 8.60. The fraction of sp³-hybridized carbons (Fsp3) is 0.538. The van der Waals surface area contributed by atoms with Crippen LogP contribution in [0, 0.1) is 0 Å². The minimum Gasteiger partial charge on any atom is -0.478 e. The third-order valence-electron chi connectivity index (χ3n) is 2.26. The number of rotatable bonds is 7. The van der Waals surface area contributed by atoms with Crippen LogP contribution in [-0.2, 0) is 14.3 Å². The number of esters is 1. The van der Waals surface area contributed by atoms with E-state index in [1.165, 1.54) is 6.92 Å². The summed E-state index contributed by atoms with van der Waals surface area (Å²) >= 11 is 0. The highest BCUT2D eigenvalue weighted by Gasteiger charge is 2.13. The van der Waals surface area contributed by atoms with Gasteiger partial charge in [0.1, 0.15) is 6.10 Å². The molecule has 4 nitrogen and oxygen atoms in total. The Morgan fingerprint density at radius 2 is 2.00 bits per heavy atom. The minimum absolute atomic E-state index is 0.262. The van der Waals surface area contributed by atoms with Crippen molar-refractivity contribution in [3.63, 3.8) is 0 Å². The maximum absolute atomic E-state index is 11.3. The molecule has 0 aromatic rings. The Bertz CT molecular complexity index is 328. The summed E-state index contributed by atoms with van der Waals surface area (Å²) in [7, 11) is 0. The van der Waals surface area contributed by atoms with Gasteiger partial charge in [0.05, 0.1) is 0 Å². The van der Waals surface area contributed by atoms with E-state index in [-0.39, 0.29) is 11.7 Å². The Labute approximate surface area is 102 Å². The van der Waals surface area contributed by atoms with Gasteiger partial charge in [-0.05, 0) is 20.3 Å². The Balaban J connectivity index is 4.44. The Morgan fingerprint density at radius 3 is 2.41 bits per heavy atom. The number of ether oxygens (including phenoxy) is 1. The van der Waals surface area contributed by atoms with Gasteiger partial charge in [0.15, 0.2) is 0 Å². The molecule has 0 bridgehead atoms. The van der Waals surface area contributed by atoms with Gasteiger partial charge in [-0.15, -0.1) is 0 Å². The van der Waals surface area contributed by atoms with Crippen molar-refractivity contribution >= 4 is 11.9 Å². The first-order valence-electron chi connectivity index (χ1n) is 5.65. The normalized spacial score (nSPS) is 13.0. The van der Waals surface area contributed by atoms with Crippen molar-refractivity contribution in [3.05, 3.63) is 23.8 Å². The molecule has 0 heterocycles. The van der Waals surface area contributed by atoms with E-state index in [1.54, 1.807) is 13.0 Å². The SMILES string of the molecule is C=C(C)C(=O)OC(CC=C(C)C(=O)O)CCC. The molecule has 0 saturated carbocycles. The van der Waals surface area contributed by atoms with Crippen molar-refractivity contribution in [2.24, 2.45) is 0 Å². The fourth-order valence-electron chi connectivity index (χ4n) is 1.19. The molecule has 1 N–H and O–H groups in total. The average Bonchev–Trinajstić information content (AvgIpc) is 2.25. The highest BCUT2D eigenvalue weighted by atomic mass is 16.5. The third kappa shape index (κ3) is 6.56. The zero-order valence-electron chi connectivity index (χ0n) is 10.7. The van der Waals surface area contributed by atoms with E-state index in [1.807, 2.05) is 6.92 Å². The van der Waals surface area contributed by atoms with E-state index in [0.29, 0.717) is 18.4 Å². The number of hydrogen-bond donors (Lipinski definition) is 1. The molecule has 0 aromatic carbocycles. The second kappa shape index (κ2) is 7.65. The molecule has 4 heteroatoms. The quantitative estimate of drug-likeness (QED) is 0.549. The van der Waals surface area contributed by atoms with Crippen LogP contribution < -0.4 is 0 Å². The summed E-state index contributed by atoms with van der Waals surface area (Å²) in [6, 6.07) is 0. The fourth-order valence-corrected chi connectivity index (χ4v) is 1.19. The van der Waals surface area contributed by atoms with E-state index < -0.39 is 11.9 Å². The average molecular weight is 240 g/mol. The van der Waals surface area contributed by atoms with Gasteiger partial charge in [0.25, 0.3) is 0 Å². The highest BCUT2D eigenvalue weighted by Crippen LogP contribution is 2.11. The van der Waals surface area contributed by atoms with Gasteiger partial charge in [-0.2, -0.15) is 0 Å². The number of carboxylic acids is 1. The molecular weight excluding hydrogens is 220 g/mol. The Hall–Kier alpha value is -1.58. The zero-order chi connectivity index (χ0) is 13.4. The van der Waals surface area contributed by atoms with Gasteiger partial charge in [0, 0.05) is 17.6 Å². The number of carbonyl (C=O) groups is 2. The molecule has 1 unspecified atom stereocenters. The predicted octanol–water partition coefficient (Wildman–Crippen LogP) is 2.70. The number of aliphatic carboxylic acids is 1. The maximum Gasteiger partial charge on any atom is 0.333 e. The second-order valence-corrected chi connectivity index (χ2v) is 4.02. The predicted molar refractivity (Wildman–Crippen MR) is 65.6 cm³/mol. The zero-order valence-corrected chi connectivity index (χ0v) is 10.7. The maximum atomic E-state index is 11.3. The lowest BCUT2D eigenvalue weighted by Gasteiger charge is -2.15. The van der Waals surface area contributed by atoms with Gasteiger partial charge in [-0.25, -0.2) is 9.59 Å². The lowest BCUT2D eigenvalue weighted by molar-refractivity contribution is -0.144. The minimum atomic E-state index is -0.952. The lowest BCUT2D eigenvalue weighted by Crippen LogP contribution is -2.18. The third-order valence-corrected chi connectivity index (χ3v) is 2.26. The van der Waals surface area contributed by atoms with Crippen LogP contribution in [0.2, 0.25) is 0 Å². The monoisotopic (exact) mass is 240 g/mol. The summed E-state index contributed by atoms with van der Waals surface area (Å²) in [5, 5.41) is 8.70. The van der Waals surface area contributed by atoms with Crippen LogP contribution in [0.4, 0.5) is 0 Å². The summed E-state index contributed by atoms with van der Waals surface area (Å²) < 4.78 is 5.21. The molecular formula is C13H20O4. The molecule has 17 heavy (non-hydrogen) atoms. The second-order valence-electron chi connectivity index (χ2n) is 4.02. The summed E-state index contributed by atoms with van der Waals surface area (Å²) in [6.07, 6.45) is 3.30. The number of hydrogen-bond acceptors (Lipinski definition) is 3. The molecule has 0 aliphatic heterocycles. The first kappa shape index (κ1) is 15.4. The van der Waals surface area contributed by atoms with E-state index in [9.17, 15) is 9.59 Å². The van der Waals surface area contributed by atoms with Crippen LogP contribution in [0.3, 0.4) is 0 Å². The first-order chi connectivity index (χ1) is 7.88. The Kier molecular flexibility index (Phi) is 6.94. The van der Waals surface area contributed by atoms with Gasteiger partial charge in [-0.1, -0.05) is 26.0 Å². The smallest absolute Gasteiger partial charge is 0.333 e. The van der Waals surface area contributed by atoms with Crippen LogP contribution in [0.25, 0.3) is 0 Å². The van der Waals surface area contributed by atoms with Crippen LogP contribution in [0.15, 0.2) is 23.8 Å². The lowest BCUT2D eigenvalue weighted by atomic mass is 10.1. The summed E-state index contributed by atoms with van der Waals surface area (Å²) in [4.78, 5) is 22.0. The van der Waals surface area contributed by atoms with Gasteiger partial charge >= 0.3 is 11.9 Å². The standard InChI is InChI=1S/C13H20O4/c1-5-6-11(17-13(16)9(2)3)8-7-10(4)12(14)15/h7,11H,2,5-6,8H2,1,3-4H3,(H,14,15). The van der Waals surface area contributed by atoms with Crippen LogP contribution in [0.5, 0.6) is 0 Å². The van der Waals surface area contributed by atoms with Gasteiger partial charge in [-0.3, -0.25) is 0 Å². The van der Waals surface area contributed by atoms with E-state index in [2.05, 4.69) is 6.58 Å². The van der Waals surface area contributed by atoms with Gasteiger partial charge < -0.3 is 9.84 Å². The van der Waals surface area contributed by atoms with E-state index in [0.717, 1.165) is 6.42 Å². The van der Waals surface area contributed by atoms with Crippen molar-refractivity contribution in [2.75, 3.05) is 0 Å². The van der Waals surface area contributed by atoms with Crippen LogP contribution >= 0.6 is 0 Å². The molecule has 0 aliphatic carbocycles. The number of carbonyl (C=O) groups excluding carboxylic acids is 1. The molecule has 0 fully saturated rings. The highest BCUT2D eigenvalue weighted by molar-refractivity contribution is 5.87. The molecule has 1 atom stereocenters. The van der Waals surface area contributed by atoms with E-state index in [4.69, 9.17) is 9.84 Å².